The van der Waals surface area contributed by atoms with Crippen molar-refractivity contribution in [2.24, 2.45) is 0 Å². The van der Waals surface area contributed by atoms with Crippen molar-refractivity contribution in [1.82, 2.24) is 0 Å². The Labute approximate surface area is 174 Å². The third kappa shape index (κ3) is 13.2. The number of allylic oxidation sites excluding steroid dienone is 5. The summed E-state index contributed by atoms with van der Waals surface area (Å²) in [4.78, 5) is 0. The van der Waals surface area contributed by atoms with Gasteiger partial charge in [-0.2, -0.15) is 0 Å². The number of halogens is 1. The second kappa shape index (κ2) is 17.5. The van der Waals surface area contributed by atoms with Crippen LogP contribution in [-0.2, 0) is 14.2 Å². The van der Waals surface area contributed by atoms with Crippen LogP contribution < -0.4 is 0 Å². The molecule has 1 aliphatic rings. The summed E-state index contributed by atoms with van der Waals surface area (Å²) in [6.07, 6.45) is 15.2. The van der Waals surface area contributed by atoms with Gasteiger partial charge in [-0.15, -0.1) is 0 Å². The van der Waals surface area contributed by atoms with Gasteiger partial charge in [-0.1, -0.05) is 35.4 Å². The molecule has 1 saturated carbocycles. The van der Waals surface area contributed by atoms with Crippen molar-refractivity contribution in [3.8, 4) is 0 Å². The Hall–Kier alpha value is -0.620. The lowest BCUT2D eigenvalue weighted by Gasteiger charge is -2.27. The van der Waals surface area contributed by atoms with Crippen molar-refractivity contribution >= 4 is 15.9 Å². The fraction of sp³-hybridized carbons (Fsp3) is 0.727. The number of aliphatic hydroxyl groups is 1. The van der Waals surface area contributed by atoms with Crippen molar-refractivity contribution < 1.29 is 19.3 Å². The summed E-state index contributed by atoms with van der Waals surface area (Å²) < 4.78 is 17.1. The Bertz CT molecular complexity index is 449. The molecule has 0 amide bonds. The van der Waals surface area contributed by atoms with Crippen molar-refractivity contribution in [2.75, 3.05) is 20.8 Å². The Morgan fingerprint density at radius 3 is 2.26 bits per heavy atom. The van der Waals surface area contributed by atoms with E-state index in [4.69, 9.17) is 19.3 Å². The molecule has 0 saturated heterocycles. The first-order valence-corrected chi connectivity index (χ1v) is 10.8. The minimum atomic E-state index is -0.0753. The van der Waals surface area contributed by atoms with Crippen LogP contribution in [0.3, 0.4) is 0 Å². The summed E-state index contributed by atoms with van der Waals surface area (Å²) in [5.41, 5.74) is 1.32. The van der Waals surface area contributed by atoms with E-state index in [1.165, 1.54) is 24.8 Å². The molecule has 1 rings (SSSR count). The Balaban J connectivity index is 0.000000541. The summed E-state index contributed by atoms with van der Waals surface area (Å²) in [5.74, 6) is 1.05. The van der Waals surface area contributed by atoms with Crippen molar-refractivity contribution in [2.45, 2.75) is 84.5 Å². The van der Waals surface area contributed by atoms with Gasteiger partial charge < -0.3 is 19.3 Å². The lowest BCUT2D eigenvalue weighted by molar-refractivity contribution is -0.107. The van der Waals surface area contributed by atoms with Gasteiger partial charge in [0.15, 0.2) is 6.29 Å². The second-order valence-electron chi connectivity index (χ2n) is 6.65. The van der Waals surface area contributed by atoms with E-state index in [1.807, 2.05) is 19.1 Å². The first kappa shape index (κ1) is 26.4. The van der Waals surface area contributed by atoms with Crippen LogP contribution in [0.25, 0.3) is 0 Å². The van der Waals surface area contributed by atoms with Crippen molar-refractivity contribution in [3.05, 3.63) is 34.0 Å². The molecule has 158 valence electrons. The zero-order chi connectivity index (χ0) is 20.5. The average molecular weight is 447 g/mol. The van der Waals surface area contributed by atoms with Crippen LogP contribution in [0.1, 0.15) is 72.1 Å². The average Bonchev–Trinajstić information content (AvgIpc) is 2.66. The molecule has 0 unspecified atom stereocenters. The lowest BCUT2D eigenvalue weighted by atomic mass is 9.96. The molecule has 0 aromatic rings. The van der Waals surface area contributed by atoms with Gasteiger partial charge >= 0.3 is 0 Å². The van der Waals surface area contributed by atoms with Crippen LogP contribution in [0.2, 0.25) is 0 Å². The number of hydrogen-bond donors (Lipinski definition) is 1. The predicted octanol–water partition coefficient (Wildman–Crippen LogP) is 6.25. The van der Waals surface area contributed by atoms with Crippen LogP contribution in [0.15, 0.2) is 34.0 Å². The summed E-state index contributed by atoms with van der Waals surface area (Å²) in [6.45, 7) is 6.60. The molecule has 0 atom stereocenters. The van der Waals surface area contributed by atoms with E-state index in [0.29, 0.717) is 6.10 Å². The summed E-state index contributed by atoms with van der Waals surface area (Å²) >= 11 is 3.47. The molecule has 1 N–H and O–H groups in total. The maximum absolute atomic E-state index is 8.48. The van der Waals surface area contributed by atoms with Gasteiger partial charge in [0.1, 0.15) is 5.76 Å². The summed E-state index contributed by atoms with van der Waals surface area (Å²) in [5, 5.41) is 8.48. The number of unbranched alkanes of at least 4 members (excludes halogenated alkanes) is 2. The maximum Gasteiger partial charge on any atom is 0.156 e. The van der Waals surface area contributed by atoms with Gasteiger partial charge in [-0.3, -0.25) is 0 Å². The van der Waals surface area contributed by atoms with E-state index in [1.54, 1.807) is 14.2 Å². The van der Waals surface area contributed by atoms with Crippen LogP contribution in [-0.4, -0.2) is 38.3 Å². The molecule has 0 bridgehead atoms. The van der Waals surface area contributed by atoms with Gasteiger partial charge in [-0.25, -0.2) is 0 Å². The highest BCUT2D eigenvalue weighted by molar-refractivity contribution is 9.11. The second-order valence-corrected chi connectivity index (χ2v) is 7.57. The third-order valence-electron chi connectivity index (χ3n) is 4.59. The number of methoxy groups -OCH3 is 2. The first-order chi connectivity index (χ1) is 13.0. The van der Waals surface area contributed by atoms with Crippen LogP contribution in [0.4, 0.5) is 0 Å². The minimum absolute atomic E-state index is 0.0753. The Morgan fingerprint density at radius 1 is 1.15 bits per heavy atom. The molecule has 0 spiro atoms. The van der Waals surface area contributed by atoms with Crippen LogP contribution in [0.5, 0.6) is 0 Å². The first-order valence-electron chi connectivity index (χ1n) is 10.0. The van der Waals surface area contributed by atoms with Gasteiger partial charge in [0.25, 0.3) is 0 Å². The van der Waals surface area contributed by atoms with Crippen molar-refractivity contribution in [1.29, 1.82) is 0 Å². The van der Waals surface area contributed by atoms with E-state index in [9.17, 15) is 0 Å². The maximum atomic E-state index is 8.48. The van der Waals surface area contributed by atoms with E-state index < -0.39 is 0 Å². The minimum Gasteiger partial charge on any atom is -0.491 e. The van der Waals surface area contributed by atoms with Gasteiger partial charge in [0, 0.05) is 25.3 Å². The van der Waals surface area contributed by atoms with E-state index in [2.05, 4.69) is 35.9 Å². The molecular weight excluding hydrogens is 408 g/mol. The molecule has 27 heavy (non-hydrogen) atoms. The normalized spacial score (nSPS) is 16.1. The highest BCUT2D eigenvalue weighted by Crippen LogP contribution is 2.27. The number of aliphatic hydroxyl groups excluding tert-OH is 1. The fourth-order valence-corrected chi connectivity index (χ4v) is 2.44. The van der Waals surface area contributed by atoms with Crippen LogP contribution >= 0.6 is 15.9 Å². The number of hydrogen-bond acceptors (Lipinski definition) is 4. The molecule has 0 radical (unpaired) electrons. The highest BCUT2D eigenvalue weighted by Gasteiger charge is 2.19. The SMILES string of the molecule is C/C=C(Br)\C=C/C(OC1CCC1)=C(C)CC.COC(CCCCCO)OC. The van der Waals surface area contributed by atoms with Gasteiger partial charge in [-0.05, 0) is 76.5 Å². The van der Waals surface area contributed by atoms with E-state index in [-0.39, 0.29) is 12.9 Å². The molecule has 0 heterocycles. The zero-order valence-electron chi connectivity index (χ0n) is 17.8. The standard InChI is InChI=1S/C14H21BrO.C8H18O3/c1-4-11(3)14(10-9-12(15)5-2)16-13-7-6-8-13;1-10-8(11-2)6-4-3-5-7-9/h5,9-10,13H,4,6-8H2,1-3H3;8-9H,3-7H2,1-2H3/b10-9-,12-5+,14-11?;. The molecule has 1 aliphatic carbocycles. The van der Waals surface area contributed by atoms with Gasteiger partial charge in [0.2, 0.25) is 0 Å². The molecule has 5 heteroatoms. The molecule has 4 nitrogen and oxygen atoms in total. The number of ether oxygens (including phenoxy) is 3. The number of rotatable bonds is 12. The molecule has 0 aromatic heterocycles. The fourth-order valence-electron chi connectivity index (χ4n) is 2.31. The zero-order valence-corrected chi connectivity index (χ0v) is 19.4. The Kier molecular flexibility index (Phi) is 17.1. The molecule has 0 aliphatic heterocycles. The van der Waals surface area contributed by atoms with E-state index in [0.717, 1.165) is 42.3 Å². The molecular formula is C22H39BrO4. The third-order valence-corrected chi connectivity index (χ3v) is 5.31. The predicted molar refractivity (Wildman–Crippen MR) is 117 cm³/mol. The van der Waals surface area contributed by atoms with E-state index >= 15 is 0 Å². The molecule has 0 aromatic carbocycles. The highest BCUT2D eigenvalue weighted by atomic mass is 79.9. The summed E-state index contributed by atoms with van der Waals surface area (Å²) in [7, 11) is 3.28. The quantitative estimate of drug-likeness (QED) is 0.166. The topological polar surface area (TPSA) is 47.9 Å². The Morgan fingerprint density at radius 2 is 1.81 bits per heavy atom. The van der Waals surface area contributed by atoms with Crippen molar-refractivity contribution in [3.63, 3.8) is 0 Å². The summed E-state index contributed by atoms with van der Waals surface area (Å²) in [6, 6.07) is 0. The lowest BCUT2D eigenvalue weighted by Crippen LogP contribution is -2.21. The van der Waals surface area contributed by atoms with Gasteiger partial charge in [0.05, 0.1) is 6.10 Å². The monoisotopic (exact) mass is 446 g/mol. The largest absolute Gasteiger partial charge is 0.491 e. The smallest absolute Gasteiger partial charge is 0.156 e. The molecule has 1 fully saturated rings. The van der Waals surface area contributed by atoms with Crippen LogP contribution in [0, 0.1) is 0 Å².